The van der Waals surface area contributed by atoms with Gasteiger partial charge in [-0.3, -0.25) is 10.1 Å². The number of carbonyl (C=O) groups is 2. The van der Waals surface area contributed by atoms with E-state index in [-0.39, 0.29) is 5.91 Å². The van der Waals surface area contributed by atoms with Crippen LogP contribution < -0.4 is 20.1 Å². The van der Waals surface area contributed by atoms with Gasteiger partial charge in [0.15, 0.2) is 0 Å². The fraction of sp³-hybridized carbons (Fsp3) is 0.182. The number of hydrogen-bond donors (Lipinski definition) is 2. The average molecular weight is 441 g/mol. The molecule has 0 spiro atoms. The number of rotatable bonds is 8. The molecular formula is C22H20N2O4S2. The lowest BCUT2D eigenvalue weighted by atomic mass is 10.2. The van der Waals surface area contributed by atoms with Crippen molar-refractivity contribution in [3.63, 3.8) is 0 Å². The maximum Gasteiger partial charge on any atom is 0.322 e. The van der Waals surface area contributed by atoms with Crippen LogP contribution in [0.3, 0.4) is 0 Å². The maximum absolute atomic E-state index is 12.0. The summed E-state index contributed by atoms with van der Waals surface area (Å²) in [6, 6.07) is 16.5. The van der Waals surface area contributed by atoms with Crippen molar-refractivity contribution in [2.75, 3.05) is 6.61 Å². The molecule has 4 rings (SSSR count). The highest BCUT2D eigenvalue weighted by Crippen LogP contribution is 2.38. The minimum absolute atomic E-state index is 0.318. The summed E-state index contributed by atoms with van der Waals surface area (Å²) in [4.78, 5) is 26.2. The molecule has 1 aliphatic rings. The van der Waals surface area contributed by atoms with Gasteiger partial charge in [-0.2, -0.15) is 0 Å². The number of ether oxygens (including phenoxy) is 2. The van der Waals surface area contributed by atoms with Gasteiger partial charge in [-0.15, -0.1) is 11.3 Å². The second-order valence-corrected chi connectivity index (χ2v) is 8.55. The Kier molecular flexibility index (Phi) is 6.25. The predicted molar refractivity (Wildman–Crippen MR) is 116 cm³/mol. The van der Waals surface area contributed by atoms with E-state index in [2.05, 4.69) is 10.6 Å². The van der Waals surface area contributed by atoms with Crippen molar-refractivity contribution in [2.45, 2.75) is 29.4 Å². The zero-order valence-electron chi connectivity index (χ0n) is 16.2. The fourth-order valence-electron chi connectivity index (χ4n) is 2.99. The summed E-state index contributed by atoms with van der Waals surface area (Å²) in [7, 11) is 0. The number of nitrogens with one attached hydrogen (secondary N) is 2. The Labute approximate surface area is 182 Å². The van der Waals surface area contributed by atoms with E-state index in [1.165, 1.54) is 11.3 Å². The molecule has 3 aromatic rings. The SMILES string of the molecule is CCOc1cccc(COc2ccc(Sc3ccsc3C3NC(=O)NC3=O)cc2)c1. The van der Waals surface area contributed by atoms with Crippen molar-refractivity contribution in [2.24, 2.45) is 0 Å². The first kappa shape index (κ1) is 20.3. The van der Waals surface area contributed by atoms with Gasteiger partial charge in [-0.1, -0.05) is 23.9 Å². The van der Waals surface area contributed by atoms with E-state index < -0.39 is 12.1 Å². The molecule has 0 aliphatic carbocycles. The van der Waals surface area contributed by atoms with Crippen molar-refractivity contribution in [3.8, 4) is 11.5 Å². The van der Waals surface area contributed by atoms with Crippen LogP contribution in [0.5, 0.6) is 11.5 Å². The summed E-state index contributed by atoms with van der Waals surface area (Å²) in [5.41, 5.74) is 1.04. The standard InChI is InChI=1S/C22H20N2O4S2/c1-2-27-16-5-3-4-14(12-16)13-28-15-6-8-17(9-7-15)30-18-10-11-29-20(18)19-21(25)24-22(26)23-19/h3-12,19H,2,13H2,1H3,(H2,23,24,25,26). The van der Waals surface area contributed by atoms with Gasteiger partial charge >= 0.3 is 6.03 Å². The summed E-state index contributed by atoms with van der Waals surface area (Å²) in [6.07, 6.45) is 0. The molecule has 0 bridgehead atoms. The van der Waals surface area contributed by atoms with E-state index in [9.17, 15) is 9.59 Å². The van der Waals surface area contributed by atoms with Crippen molar-refractivity contribution >= 4 is 35.0 Å². The summed E-state index contributed by atoms with van der Waals surface area (Å²) in [5, 5.41) is 6.85. The third-order valence-electron chi connectivity index (χ3n) is 4.36. The van der Waals surface area contributed by atoms with Gasteiger partial charge in [0.1, 0.15) is 24.1 Å². The van der Waals surface area contributed by atoms with Gasteiger partial charge in [0.2, 0.25) is 0 Å². The molecule has 0 radical (unpaired) electrons. The Morgan fingerprint density at radius 1 is 1.03 bits per heavy atom. The van der Waals surface area contributed by atoms with Crippen molar-refractivity contribution in [3.05, 3.63) is 70.4 Å². The van der Waals surface area contributed by atoms with E-state index >= 15 is 0 Å². The van der Waals surface area contributed by atoms with Crippen LogP contribution in [0.1, 0.15) is 23.4 Å². The number of urea groups is 1. The van der Waals surface area contributed by atoms with Crippen molar-refractivity contribution in [1.82, 2.24) is 10.6 Å². The molecule has 3 amide bonds. The van der Waals surface area contributed by atoms with Gasteiger partial charge < -0.3 is 14.8 Å². The second kappa shape index (κ2) is 9.23. The minimum atomic E-state index is -0.630. The summed E-state index contributed by atoms with van der Waals surface area (Å²) in [6.45, 7) is 3.05. The van der Waals surface area contributed by atoms with Crippen LogP contribution in [0.15, 0.2) is 69.8 Å². The lowest BCUT2D eigenvalue weighted by Gasteiger charge is -2.10. The number of imide groups is 1. The number of thiophene rings is 1. The third kappa shape index (κ3) is 4.77. The number of benzene rings is 2. The molecule has 1 saturated heterocycles. The van der Waals surface area contributed by atoms with Gasteiger partial charge in [0.05, 0.1) is 11.5 Å². The Balaban J connectivity index is 1.38. The Hall–Kier alpha value is -2.97. The first-order valence-electron chi connectivity index (χ1n) is 9.43. The van der Waals surface area contributed by atoms with E-state index in [1.807, 2.05) is 66.9 Å². The van der Waals surface area contributed by atoms with Gasteiger partial charge in [-0.05, 0) is 60.3 Å². The molecule has 1 fully saturated rings. The molecule has 2 heterocycles. The van der Waals surface area contributed by atoms with Gasteiger partial charge in [0, 0.05) is 9.79 Å². The van der Waals surface area contributed by atoms with E-state index in [1.54, 1.807) is 11.8 Å². The Morgan fingerprint density at radius 3 is 2.60 bits per heavy atom. The first-order valence-corrected chi connectivity index (χ1v) is 11.1. The molecule has 154 valence electrons. The van der Waals surface area contributed by atoms with Crippen LogP contribution in [0, 0.1) is 0 Å². The fourth-order valence-corrected chi connectivity index (χ4v) is 5.07. The zero-order valence-corrected chi connectivity index (χ0v) is 17.8. The Bertz CT molecular complexity index is 1050. The smallest absolute Gasteiger partial charge is 0.322 e. The third-order valence-corrected chi connectivity index (χ3v) is 6.56. The molecule has 1 aromatic heterocycles. The van der Waals surface area contributed by atoms with Crippen LogP contribution in [-0.4, -0.2) is 18.5 Å². The van der Waals surface area contributed by atoms with Crippen molar-refractivity contribution in [1.29, 1.82) is 0 Å². The number of hydrogen-bond acceptors (Lipinski definition) is 6. The highest BCUT2D eigenvalue weighted by Gasteiger charge is 2.33. The number of carbonyl (C=O) groups excluding carboxylic acids is 2. The minimum Gasteiger partial charge on any atom is -0.494 e. The lowest BCUT2D eigenvalue weighted by Crippen LogP contribution is -2.22. The highest BCUT2D eigenvalue weighted by molar-refractivity contribution is 7.99. The molecule has 2 N–H and O–H groups in total. The van der Waals surface area contributed by atoms with Gasteiger partial charge in [-0.25, -0.2) is 4.79 Å². The molecule has 1 unspecified atom stereocenters. The lowest BCUT2D eigenvalue weighted by molar-refractivity contribution is -0.120. The molecular weight excluding hydrogens is 420 g/mol. The summed E-state index contributed by atoms with van der Waals surface area (Å²) >= 11 is 3.00. The molecule has 0 saturated carbocycles. The first-order chi connectivity index (χ1) is 14.6. The largest absolute Gasteiger partial charge is 0.494 e. The second-order valence-electron chi connectivity index (χ2n) is 6.49. The van der Waals surface area contributed by atoms with E-state index in [0.717, 1.165) is 31.7 Å². The summed E-state index contributed by atoms with van der Waals surface area (Å²) < 4.78 is 11.4. The van der Waals surface area contributed by atoms with Gasteiger partial charge in [0.25, 0.3) is 5.91 Å². The summed E-state index contributed by atoms with van der Waals surface area (Å²) in [5.74, 6) is 1.29. The van der Waals surface area contributed by atoms with E-state index in [0.29, 0.717) is 13.2 Å². The topological polar surface area (TPSA) is 76.7 Å². The molecule has 6 nitrogen and oxygen atoms in total. The van der Waals surface area contributed by atoms with Crippen LogP contribution in [0.25, 0.3) is 0 Å². The molecule has 1 aliphatic heterocycles. The molecule has 2 aromatic carbocycles. The van der Waals surface area contributed by atoms with Crippen molar-refractivity contribution < 1.29 is 19.1 Å². The predicted octanol–water partition coefficient (Wildman–Crippen LogP) is 4.76. The van der Waals surface area contributed by atoms with Crippen LogP contribution in [0.2, 0.25) is 0 Å². The average Bonchev–Trinajstić information content (AvgIpc) is 3.33. The molecule has 30 heavy (non-hydrogen) atoms. The quantitative estimate of drug-likeness (QED) is 0.494. The zero-order chi connectivity index (χ0) is 20.9. The van der Waals surface area contributed by atoms with E-state index in [4.69, 9.17) is 9.47 Å². The van der Waals surface area contributed by atoms with Crippen LogP contribution in [0.4, 0.5) is 4.79 Å². The number of amides is 3. The normalized spacial score (nSPS) is 15.6. The molecule has 8 heteroatoms. The molecule has 1 atom stereocenters. The van der Waals surface area contributed by atoms with Crippen LogP contribution in [-0.2, 0) is 11.4 Å². The highest BCUT2D eigenvalue weighted by atomic mass is 32.2. The monoisotopic (exact) mass is 440 g/mol. The maximum atomic E-state index is 12.0. The van der Waals surface area contributed by atoms with Crippen LogP contribution >= 0.6 is 23.1 Å². The Morgan fingerprint density at radius 2 is 1.87 bits per heavy atom.